The molecule has 7 heteroatoms. The molecule has 5 nitrogen and oxygen atoms in total. The quantitative estimate of drug-likeness (QED) is 0.797. The first-order valence-corrected chi connectivity index (χ1v) is 9.95. The van der Waals surface area contributed by atoms with Crippen LogP contribution in [0.3, 0.4) is 0 Å². The Morgan fingerprint density at radius 3 is 2.36 bits per heavy atom. The van der Waals surface area contributed by atoms with Crippen LogP contribution in [0.4, 0.5) is 5.69 Å². The lowest BCUT2D eigenvalue weighted by Gasteiger charge is -2.19. The van der Waals surface area contributed by atoms with Gasteiger partial charge in [0.1, 0.15) is 0 Å². The summed E-state index contributed by atoms with van der Waals surface area (Å²) in [5.74, 6) is -0.0207. The molecule has 0 bridgehead atoms. The van der Waals surface area contributed by atoms with Crippen molar-refractivity contribution in [3.8, 4) is 0 Å². The molecule has 0 aliphatic heterocycles. The predicted molar refractivity (Wildman–Crippen MR) is 93.7 cm³/mol. The second-order valence-electron chi connectivity index (χ2n) is 5.56. The van der Waals surface area contributed by atoms with Gasteiger partial charge in [0.2, 0.25) is 15.9 Å². The molecule has 0 aliphatic carbocycles. The fourth-order valence-electron chi connectivity index (χ4n) is 1.97. The second-order valence-corrected chi connectivity index (χ2v) is 9.23. The standard InChI is InChI=1S/C15H24N2O3S2/c1-10(2)21-12(4)15(18)16-11(3)13-7-6-8-14(9-13)17-22(5,19)20/h6-12,17H,1-5H3,(H,16,18). The third kappa shape index (κ3) is 6.70. The van der Waals surface area contributed by atoms with Crippen molar-refractivity contribution in [1.29, 1.82) is 0 Å². The van der Waals surface area contributed by atoms with E-state index < -0.39 is 10.0 Å². The van der Waals surface area contributed by atoms with Gasteiger partial charge in [-0.25, -0.2) is 8.42 Å². The maximum atomic E-state index is 12.1. The highest BCUT2D eigenvalue weighted by atomic mass is 32.2. The maximum Gasteiger partial charge on any atom is 0.233 e. The Balaban J connectivity index is 2.75. The van der Waals surface area contributed by atoms with Crippen LogP contribution < -0.4 is 10.0 Å². The number of rotatable bonds is 7. The zero-order valence-electron chi connectivity index (χ0n) is 13.6. The molecule has 1 aromatic carbocycles. The fraction of sp³-hybridized carbons (Fsp3) is 0.533. The van der Waals surface area contributed by atoms with Crippen molar-refractivity contribution in [3.63, 3.8) is 0 Å². The zero-order chi connectivity index (χ0) is 16.9. The number of nitrogens with one attached hydrogen (secondary N) is 2. The van der Waals surface area contributed by atoms with E-state index in [0.717, 1.165) is 11.8 Å². The van der Waals surface area contributed by atoms with E-state index in [-0.39, 0.29) is 17.2 Å². The summed E-state index contributed by atoms with van der Waals surface area (Å²) in [7, 11) is -3.31. The SMILES string of the molecule is CC(C)SC(C)C(=O)NC(C)c1cccc(NS(C)(=O)=O)c1. The summed E-state index contributed by atoms with van der Waals surface area (Å²) in [5, 5.41) is 3.22. The Labute approximate surface area is 137 Å². The molecule has 0 heterocycles. The van der Waals surface area contributed by atoms with Crippen LogP contribution in [0.2, 0.25) is 0 Å². The predicted octanol–water partition coefficient (Wildman–Crippen LogP) is 2.77. The number of benzene rings is 1. The third-order valence-corrected chi connectivity index (χ3v) is 4.67. The molecule has 124 valence electrons. The Morgan fingerprint density at radius 1 is 1.18 bits per heavy atom. The minimum atomic E-state index is -3.31. The molecular weight excluding hydrogens is 320 g/mol. The van der Waals surface area contributed by atoms with Gasteiger partial charge in [-0.3, -0.25) is 9.52 Å². The third-order valence-electron chi connectivity index (χ3n) is 2.89. The van der Waals surface area contributed by atoms with Crippen molar-refractivity contribution >= 4 is 33.4 Å². The normalized spacial score (nSPS) is 14.5. The maximum absolute atomic E-state index is 12.1. The molecule has 2 N–H and O–H groups in total. The Morgan fingerprint density at radius 2 is 1.82 bits per heavy atom. The van der Waals surface area contributed by atoms with Crippen molar-refractivity contribution in [2.45, 2.75) is 44.2 Å². The fourth-order valence-corrected chi connectivity index (χ4v) is 3.53. The molecule has 1 aromatic rings. The lowest BCUT2D eigenvalue weighted by Crippen LogP contribution is -2.33. The summed E-state index contributed by atoms with van der Waals surface area (Å²) in [4.78, 5) is 12.1. The van der Waals surface area contributed by atoms with Crippen molar-refractivity contribution in [3.05, 3.63) is 29.8 Å². The second kappa shape index (κ2) is 7.87. The molecule has 1 amide bonds. The van der Waals surface area contributed by atoms with Crippen LogP contribution in [0, 0.1) is 0 Å². The highest BCUT2D eigenvalue weighted by molar-refractivity contribution is 8.01. The van der Waals surface area contributed by atoms with Crippen molar-refractivity contribution in [1.82, 2.24) is 5.32 Å². The molecule has 0 spiro atoms. The van der Waals surface area contributed by atoms with Crippen LogP contribution in [-0.2, 0) is 14.8 Å². The number of thioether (sulfide) groups is 1. The van der Waals surface area contributed by atoms with Crippen molar-refractivity contribution < 1.29 is 13.2 Å². The summed E-state index contributed by atoms with van der Waals surface area (Å²) >= 11 is 1.61. The highest BCUT2D eigenvalue weighted by Gasteiger charge is 2.18. The Bertz CT molecular complexity index is 615. The van der Waals surface area contributed by atoms with E-state index in [2.05, 4.69) is 23.9 Å². The van der Waals surface area contributed by atoms with Crippen LogP contribution in [0.1, 0.15) is 39.3 Å². The van der Waals surface area contributed by atoms with E-state index in [1.54, 1.807) is 30.0 Å². The highest BCUT2D eigenvalue weighted by Crippen LogP contribution is 2.21. The average Bonchev–Trinajstić information content (AvgIpc) is 2.36. The molecule has 0 aliphatic rings. The molecular formula is C15H24N2O3S2. The largest absolute Gasteiger partial charge is 0.349 e. The molecule has 0 aromatic heterocycles. The first-order chi connectivity index (χ1) is 10.1. The molecule has 2 atom stereocenters. The molecule has 22 heavy (non-hydrogen) atoms. The number of sulfonamides is 1. The van der Waals surface area contributed by atoms with Gasteiger partial charge in [-0.2, -0.15) is 0 Å². The Kier molecular flexibility index (Phi) is 6.74. The minimum Gasteiger partial charge on any atom is -0.349 e. The smallest absolute Gasteiger partial charge is 0.233 e. The molecule has 1 rings (SSSR count). The number of hydrogen-bond donors (Lipinski definition) is 2. The van der Waals surface area contributed by atoms with E-state index in [4.69, 9.17) is 0 Å². The van der Waals surface area contributed by atoms with Gasteiger partial charge in [0.25, 0.3) is 0 Å². The van der Waals surface area contributed by atoms with Crippen LogP contribution in [0.15, 0.2) is 24.3 Å². The van der Waals surface area contributed by atoms with E-state index in [0.29, 0.717) is 10.9 Å². The lowest BCUT2D eigenvalue weighted by atomic mass is 10.1. The summed E-state index contributed by atoms with van der Waals surface area (Å²) in [6.45, 7) is 7.87. The van der Waals surface area contributed by atoms with Gasteiger partial charge in [-0.1, -0.05) is 26.0 Å². The minimum absolute atomic E-state index is 0.0207. The van der Waals surface area contributed by atoms with Gasteiger partial charge in [-0.15, -0.1) is 11.8 Å². The van der Waals surface area contributed by atoms with E-state index in [9.17, 15) is 13.2 Å². The summed E-state index contributed by atoms with van der Waals surface area (Å²) in [6, 6.07) is 6.84. The van der Waals surface area contributed by atoms with Gasteiger partial charge in [0.05, 0.1) is 17.5 Å². The van der Waals surface area contributed by atoms with E-state index in [1.165, 1.54) is 0 Å². The zero-order valence-corrected chi connectivity index (χ0v) is 15.2. The van der Waals surface area contributed by atoms with Crippen LogP contribution in [0.25, 0.3) is 0 Å². The first-order valence-electron chi connectivity index (χ1n) is 7.12. The number of hydrogen-bond acceptors (Lipinski definition) is 4. The summed E-state index contributed by atoms with van der Waals surface area (Å²) in [6.07, 6.45) is 1.11. The van der Waals surface area contributed by atoms with E-state index in [1.807, 2.05) is 19.9 Å². The average molecular weight is 345 g/mol. The van der Waals surface area contributed by atoms with E-state index >= 15 is 0 Å². The number of amides is 1. The topological polar surface area (TPSA) is 75.3 Å². The van der Waals surface area contributed by atoms with Gasteiger partial charge in [0, 0.05) is 5.69 Å². The monoisotopic (exact) mass is 344 g/mol. The number of carbonyl (C=O) groups is 1. The molecule has 2 unspecified atom stereocenters. The van der Waals surface area contributed by atoms with Gasteiger partial charge < -0.3 is 5.32 Å². The lowest BCUT2D eigenvalue weighted by molar-refractivity contribution is -0.120. The number of carbonyl (C=O) groups excluding carboxylic acids is 1. The van der Waals surface area contributed by atoms with Crippen molar-refractivity contribution in [2.75, 3.05) is 11.0 Å². The van der Waals surface area contributed by atoms with Gasteiger partial charge in [-0.05, 0) is 36.8 Å². The molecule has 0 fully saturated rings. The summed E-state index contributed by atoms with van der Waals surface area (Å²) < 4.78 is 25.0. The molecule has 0 saturated heterocycles. The first kappa shape index (κ1) is 18.8. The Hall–Kier alpha value is -1.21. The van der Waals surface area contributed by atoms with Crippen LogP contribution >= 0.6 is 11.8 Å². The van der Waals surface area contributed by atoms with Crippen LogP contribution in [0.5, 0.6) is 0 Å². The van der Waals surface area contributed by atoms with Gasteiger partial charge >= 0.3 is 0 Å². The summed E-state index contributed by atoms with van der Waals surface area (Å²) in [5.41, 5.74) is 1.34. The number of anilines is 1. The molecule has 0 saturated carbocycles. The van der Waals surface area contributed by atoms with Gasteiger partial charge in [0.15, 0.2) is 0 Å². The molecule has 0 radical (unpaired) electrons. The van der Waals surface area contributed by atoms with Crippen molar-refractivity contribution in [2.24, 2.45) is 0 Å². The van der Waals surface area contributed by atoms with Crippen LogP contribution in [-0.4, -0.2) is 31.1 Å².